The van der Waals surface area contributed by atoms with Crippen molar-refractivity contribution in [2.45, 2.75) is 12.1 Å². The lowest BCUT2D eigenvalue weighted by atomic mass is 10.1. The Morgan fingerprint density at radius 3 is 2.50 bits per heavy atom. The van der Waals surface area contributed by atoms with Gasteiger partial charge in [0.1, 0.15) is 0 Å². The monoisotopic (exact) mass is 288 g/mol. The molecule has 0 bridgehead atoms. The van der Waals surface area contributed by atoms with E-state index in [1.165, 1.54) is 4.90 Å². The molecular formula is C12H14Cl2N2O2. The summed E-state index contributed by atoms with van der Waals surface area (Å²) >= 11 is 12.0. The molecule has 4 nitrogen and oxygen atoms in total. The Bertz CT molecular complexity index is 447. The molecule has 1 fully saturated rings. The van der Waals surface area contributed by atoms with Crippen molar-refractivity contribution in [2.24, 2.45) is 0 Å². The normalized spacial score (nSPS) is 23.1. The highest BCUT2D eigenvalue weighted by Gasteiger charge is 2.32. The van der Waals surface area contributed by atoms with Crippen molar-refractivity contribution in [3.8, 4) is 0 Å². The van der Waals surface area contributed by atoms with Gasteiger partial charge in [0.2, 0.25) is 0 Å². The van der Waals surface area contributed by atoms with Crippen LogP contribution >= 0.6 is 23.2 Å². The van der Waals surface area contributed by atoms with E-state index in [-0.39, 0.29) is 17.5 Å². The predicted molar refractivity (Wildman–Crippen MR) is 71.2 cm³/mol. The number of carbonyl (C=O) groups is 1. The van der Waals surface area contributed by atoms with E-state index >= 15 is 0 Å². The minimum atomic E-state index is -0.569. The zero-order valence-corrected chi connectivity index (χ0v) is 11.4. The molecule has 0 aliphatic carbocycles. The van der Waals surface area contributed by atoms with Gasteiger partial charge in [0.05, 0.1) is 27.8 Å². The van der Waals surface area contributed by atoms with Crippen molar-refractivity contribution < 1.29 is 9.90 Å². The minimum Gasteiger partial charge on any atom is -0.390 e. The summed E-state index contributed by atoms with van der Waals surface area (Å²) in [5.41, 5.74) is 0.280. The molecule has 1 heterocycles. The van der Waals surface area contributed by atoms with Crippen LogP contribution in [0, 0.1) is 0 Å². The maximum absolute atomic E-state index is 12.3. The molecule has 0 aromatic heterocycles. The fourth-order valence-electron chi connectivity index (χ4n) is 2.08. The number of β-amino-alcohol motifs (C(OH)–C–C–N with tert-alkyl or cyclic N) is 1. The molecule has 98 valence electrons. The largest absolute Gasteiger partial charge is 0.390 e. The fourth-order valence-corrected chi connectivity index (χ4v) is 2.63. The van der Waals surface area contributed by atoms with Crippen LogP contribution in [-0.2, 0) is 0 Å². The molecule has 0 saturated carbocycles. The maximum atomic E-state index is 12.3. The van der Waals surface area contributed by atoms with Gasteiger partial charge in [0, 0.05) is 20.1 Å². The van der Waals surface area contributed by atoms with Gasteiger partial charge in [-0.15, -0.1) is 0 Å². The van der Waals surface area contributed by atoms with Gasteiger partial charge in [-0.25, -0.2) is 0 Å². The van der Waals surface area contributed by atoms with Crippen LogP contribution in [0.3, 0.4) is 0 Å². The van der Waals surface area contributed by atoms with Gasteiger partial charge in [-0.2, -0.15) is 0 Å². The van der Waals surface area contributed by atoms with E-state index in [9.17, 15) is 9.90 Å². The number of aliphatic hydroxyl groups excluding tert-OH is 1. The molecular weight excluding hydrogens is 275 g/mol. The topological polar surface area (TPSA) is 52.6 Å². The standard InChI is InChI=1S/C12H14Cl2N2O2/c1-16(9-5-15-6-10(9)17)12(18)11-7(13)3-2-4-8(11)14/h2-4,9-10,15,17H,5-6H2,1H3/t9-,10-/m0/s1. The number of hydrogen-bond acceptors (Lipinski definition) is 3. The zero-order valence-electron chi connectivity index (χ0n) is 9.86. The van der Waals surface area contributed by atoms with Crippen LogP contribution in [0.4, 0.5) is 0 Å². The van der Waals surface area contributed by atoms with Crippen molar-refractivity contribution in [1.29, 1.82) is 0 Å². The van der Waals surface area contributed by atoms with Gasteiger partial charge in [-0.3, -0.25) is 4.79 Å². The third kappa shape index (κ3) is 2.47. The smallest absolute Gasteiger partial charge is 0.257 e. The number of amides is 1. The van der Waals surface area contributed by atoms with Gasteiger partial charge >= 0.3 is 0 Å². The van der Waals surface area contributed by atoms with Gasteiger partial charge in [0.25, 0.3) is 5.91 Å². The van der Waals surface area contributed by atoms with E-state index in [0.717, 1.165) is 0 Å². The first-order valence-electron chi connectivity index (χ1n) is 5.62. The highest BCUT2D eigenvalue weighted by atomic mass is 35.5. The summed E-state index contributed by atoms with van der Waals surface area (Å²) in [7, 11) is 1.64. The molecule has 1 amide bonds. The second-order valence-electron chi connectivity index (χ2n) is 4.31. The molecule has 0 radical (unpaired) electrons. The molecule has 1 aliphatic rings. The fraction of sp³-hybridized carbons (Fsp3) is 0.417. The van der Waals surface area contributed by atoms with Crippen molar-refractivity contribution in [2.75, 3.05) is 20.1 Å². The predicted octanol–water partition coefficient (Wildman–Crippen LogP) is 1.40. The Morgan fingerprint density at radius 1 is 1.39 bits per heavy atom. The Balaban J connectivity index is 2.26. The molecule has 2 N–H and O–H groups in total. The summed E-state index contributed by atoms with van der Waals surface area (Å²) in [6.07, 6.45) is -0.569. The number of nitrogens with zero attached hydrogens (tertiary/aromatic N) is 1. The lowest BCUT2D eigenvalue weighted by Crippen LogP contribution is -2.44. The van der Waals surface area contributed by atoms with Crippen LogP contribution in [0.2, 0.25) is 10.0 Å². The van der Waals surface area contributed by atoms with E-state index in [1.54, 1.807) is 25.2 Å². The Kier molecular flexibility index (Phi) is 4.12. The molecule has 1 aromatic rings. The van der Waals surface area contributed by atoms with E-state index in [2.05, 4.69) is 5.32 Å². The number of rotatable bonds is 2. The number of benzene rings is 1. The second kappa shape index (κ2) is 5.45. The molecule has 18 heavy (non-hydrogen) atoms. The summed E-state index contributed by atoms with van der Waals surface area (Å²) in [6, 6.07) is 4.67. The van der Waals surface area contributed by atoms with Crippen molar-refractivity contribution in [1.82, 2.24) is 10.2 Å². The Labute approximate surface area is 115 Å². The molecule has 0 unspecified atom stereocenters. The van der Waals surface area contributed by atoms with Crippen LogP contribution in [-0.4, -0.2) is 48.2 Å². The third-order valence-corrected chi connectivity index (χ3v) is 3.78. The van der Waals surface area contributed by atoms with Crippen LogP contribution in [0.25, 0.3) is 0 Å². The maximum Gasteiger partial charge on any atom is 0.257 e. The molecule has 6 heteroatoms. The van der Waals surface area contributed by atoms with Crippen LogP contribution in [0.5, 0.6) is 0 Å². The molecule has 2 rings (SSSR count). The van der Waals surface area contributed by atoms with E-state index < -0.39 is 6.10 Å². The Morgan fingerprint density at radius 2 is 2.00 bits per heavy atom. The lowest BCUT2D eigenvalue weighted by molar-refractivity contribution is 0.0581. The average molecular weight is 289 g/mol. The molecule has 1 aliphatic heterocycles. The first-order chi connectivity index (χ1) is 8.52. The van der Waals surface area contributed by atoms with Gasteiger partial charge in [0.15, 0.2) is 0 Å². The van der Waals surface area contributed by atoms with Crippen LogP contribution < -0.4 is 5.32 Å². The number of halogens is 2. The summed E-state index contributed by atoms with van der Waals surface area (Å²) < 4.78 is 0. The van der Waals surface area contributed by atoms with Crippen molar-refractivity contribution >= 4 is 29.1 Å². The number of hydrogen-bond donors (Lipinski definition) is 2. The van der Waals surface area contributed by atoms with Crippen molar-refractivity contribution in [3.05, 3.63) is 33.8 Å². The average Bonchev–Trinajstić information content (AvgIpc) is 2.74. The second-order valence-corrected chi connectivity index (χ2v) is 5.12. The first kappa shape index (κ1) is 13.6. The van der Waals surface area contributed by atoms with E-state index in [0.29, 0.717) is 23.1 Å². The first-order valence-corrected chi connectivity index (χ1v) is 6.38. The van der Waals surface area contributed by atoms with Crippen LogP contribution in [0.15, 0.2) is 18.2 Å². The van der Waals surface area contributed by atoms with Gasteiger partial charge < -0.3 is 15.3 Å². The van der Waals surface area contributed by atoms with Gasteiger partial charge in [-0.1, -0.05) is 29.3 Å². The van der Waals surface area contributed by atoms with E-state index in [1.807, 2.05) is 0 Å². The summed E-state index contributed by atoms with van der Waals surface area (Å²) in [6.45, 7) is 1.05. The quantitative estimate of drug-likeness (QED) is 0.865. The van der Waals surface area contributed by atoms with Crippen molar-refractivity contribution in [3.63, 3.8) is 0 Å². The number of carbonyl (C=O) groups excluding carboxylic acids is 1. The minimum absolute atomic E-state index is 0.259. The van der Waals surface area contributed by atoms with E-state index in [4.69, 9.17) is 23.2 Å². The number of likely N-dealkylation sites (N-methyl/N-ethyl adjacent to an activating group) is 1. The molecule has 2 atom stereocenters. The summed E-state index contributed by atoms with van der Waals surface area (Å²) in [5.74, 6) is -0.279. The summed E-state index contributed by atoms with van der Waals surface area (Å²) in [4.78, 5) is 13.8. The van der Waals surface area contributed by atoms with Gasteiger partial charge in [-0.05, 0) is 12.1 Å². The molecule has 0 spiro atoms. The highest BCUT2D eigenvalue weighted by Crippen LogP contribution is 2.26. The lowest BCUT2D eigenvalue weighted by Gasteiger charge is -2.27. The Hall–Kier alpha value is -0.810. The number of nitrogens with one attached hydrogen (secondary N) is 1. The third-order valence-electron chi connectivity index (χ3n) is 3.15. The zero-order chi connectivity index (χ0) is 13.3. The highest BCUT2D eigenvalue weighted by molar-refractivity contribution is 6.39. The number of aliphatic hydroxyl groups is 1. The van der Waals surface area contributed by atoms with Crippen LogP contribution in [0.1, 0.15) is 10.4 Å². The summed E-state index contributed by atoms with van der Waals surface area (Å²) in [5, 5.41) is 13.4. The molecule has 1 aromatic carbocycles. The SMILES string of the molecule is CN(C(=O)c1c(Cl)cccc1Cl)[C@H]1CNC[C@@H]1O. The molecule has 1 saturated heterocycles.